The Morgan fingerprint density at radius 3 is 2.83 bits per heavy atom. The molecule has 1 amide bonds. The molecule has 4 nitrogen and oxygen atoms in total. The van der Waals surface area contributed by atoms with Crippen LogP contribution in [0.25, 0.3) is 0 Å². The second kappa shape index (κ2) is 4.71. The maximum Gasteiger partial charge on any atom is 0.224 e. The summed E-state index contributed by atoms with van der Waals surface area (Å²) in [6, 6.07) is 7.18. The van der Waals surface area contributed by atoms with E-state index in [-0.39, 0.29) is 5.91 Å². The van der Waals surface area contributed by atoms with Crippen LogP contribution in [0.15, 0.2) is 18.2 Å². The molecular weight excluding hydrogens is 226 g/mol. The van der Waals surface area contributed by atoms with Crippen LogP contribution in [0.4, 0.5) is 5.69 Å². The first-order valence-corrected chi connectivity index (χ1v) is 6.63. The first-order valence-electron chi connectivity index (χ1n) is 6.63. The van der Waals surface area contributed by atoms with Gasteiger partial charge in [0.2, 0.25) is 5.91 Å². The highest BCUT2D eigenvalue weighted by Crippen LogP contribution is 2.27. The van der Waals surface area contributed by atoms with Gasteiger partial charge >= 0.3 is 0 Å². The molecule has 0 saturated carbocycles. The summed E-state index contributed by atoms with van der Waals surface area (Å²) >= 11 is 0. The van der Waals surface area contributed by atoms with Gasteiger partial charge in [-0.05, 0) is 30.5 Å². The Kier molecular flexibility index (Phi) is 3.06. The van der Waals surface area contributed by atoms with Crippen LogP contribution in [0, 0.1) is 0 Å². The molecule has 4 heteroatoms. The van der Waals surface area contributed by atoms with Crippen molar-refractivity contribution in [3.8, 4) is 0 Å². The third-order valence-electron chi connectivity index (χ3n) is 3.84. The van der Waals surface area contributed by atoms with Gasteiger partial charge in [-0.25, -0.2) is 0 Å². The number of anilines is 1. The molecule has 1 saturated heterocycles. The molecule has 18 heavy (non-hydrogen) atoms. The third-order valence-corrected chi connectivity index (χ3v) is 3.84. The molecule has 2 aliphatic rings. The molecule has 2 aliphatic heterocycles. The number of amides is 1. The molecule has 0 aliphatic carbocycles. The van der Waals surface area contributed by atoms with Crippen molar-refractivity contribution in [3.05, 3.63) is 29.3 Å². The quantitative estimate of drug-likeness (QED) is 0.696. The summed E-state index contributed by atoms with van der Waals surface area (Å²) < 4.78 is 0. The number of nitrogens with one attached hydrogen (secondary N) is 3. The van der Waals surface area contributed by atoms with E-state index in [0.717, 1.165) is 25.2 Å². The summed E-state index contributed by atoms with van der Waals surface area (Å²) in [6.45, 7) is 4.24. The standard InChI is InChI=1S/C14H19N3O/c1-9-14(16-7-6-15-9)11-2-4-12-10(8-11)3-5-13(18)17-12/h2,4,8-9,14-16H,3,5-7H2,1H3,(H,17,18). The molecule has 0 radical (unpaired) electrons. The van der Waals surface area contributed by atoms with E-state index in [9.17, 15) is 4.79 Å². The number of benzene rings is 1. The van der Waals surface area contributed by atoms with Crippen molar-refractivity contribution in [1.29, 1.82) is 0 Å². The summed E-state index contributed by atoms with van der Waals surface area (Å²) in [5.74, 6) is 0.126. The van der Waals surface area contributed by atoms with Crippen LogP contribution in [0.3, 0.4) is 0 Å². The first kappa shape index (κ1) is 11.7. The van der Waals surface area contributed by atoms with Crippen molar-refractivity contribution in [2.45, 2.75) is 31.8 Å². The fourth-order valence-corrected chi connectivity index (χ4v) is 2.83. The molecule has 1 aromatic rings. The molecular formula is C14H19N3O. The van der Waals surface area contributed by atoms with Gasteiger partial charge in [-0.2, -0.15) is 0 Å². The Balaban J connectivity index is 1.87. The van der Waals surface area contributed by atoms with Crippen molar-refractivity contribution in [2.75, 3.05) is 18.4 Å². The number of piperazine rings is 1. The molecule has 2 heterocycles. The van der Waals surface area contributed by atoms with Gasteiger partial charge in [-0.15, -0.1) is 0 Å². The van der Waals surface area contributed by atoms with Crippen molar-refractivity contribution < 1.29 is 4.79 Å². The average molecular weight is 245 g/mol. The normalized spacial score (nSPS) is 27.5. The van der Waals surface area contributed by atoms with Crippen LogP contribution in [-0.4, -0.2) is 25.0 Å². The van der Waals surface area contributed by atoms with Gasteiger partial charge in [0.1, 0.15) is 0 Å². The zero-order valence-electron chi connectivity index (χ0n) is 10.6. The van der Waals surface area contributed by atoms with Crippen molar-refractivity contribution in [3.63, 3.8) is 0 Å². The van der Waals surface area contributed by atoms with Gasteiger partial charge < -0.3 is 16.0 Å². The highest BCUT2D eigenvalue weighted by molar-refractivity contribution is 5.93. The van der Waals surface area contributed by atoms with Crippen molar-refractivity contribution >= 4 is 11.6 Å². The zero-order valence-corrected chi connectivity index (χ0v) is 10.6. The van der Waals surface area contributed by atoms with E-state index >= 15 is 0 Å². The van der Waals surface area contributed by atoms with Crippen LogP contribution >= 0.6 is 0 Å². The Bertz CT molecular complexity index is 472. The minimum Gasteiger partial charge on any atom is -0.326 e. The van der Waals surface area contributed by atoms with E-state index in [0.29, 0.717) is 18.5 Å². The SMILES string of the molecule is CC1NCCNC1c1ccc2c(c1)CCC(=O)N2. The summed E-state index contributed by atoms with van der Waals surface area (Å²) in [6.07, 6.45) is 1.45. The van der Waals surface area contributed by atoms with Gasteiger partial charge in [0, 0.05) is 37.3 Å². The van der Waals surface area contributed by atoms with Crippen LogP contribution < -0.4 is 16.0 Å². The topological polar surface area (TPSA) is 53.2 Å². The van der Waals surface area contributed by atoms with E-state index in [1.165, 1.54) is 11.1 Å². The number of hydrogen-bond acceptors (Lipinski definition) is 3. The number of carbonyl (C=O) groups is 1. The average Bonchev–Trinajstić information content (AvgIpc) is 2.39. The Morgan fingerprint density at radius 2 is 2.00 bits per heavy atom. The monoisotopic (exact) mass is 245 g/mol. The minimum absolute atomic E-state index is 0.126. The fraction of sp³-hybridized carbons (Fsp3) is 0.500. The van der Waals surface area contributed by atoms with E-state index in [1.54, 1.807) is 0 Å². The van der Waals surface area contributed by atoms with Crippen LogP contribution in [0.2, 0.25) is 0 Å². The Morgan fingerprint density at radius 1 is 1.17 bits per heavy atom. The molecule has 96 valence electrons. The van der Waals surface area contributed by atoms with Crippen LogP contribution in [0.5, 0.6) is 0 Å². The molecule has 0 bridgehead atoms. The molecule has 1 fully saturated rings. The smallest absolute Gasteiger partial charge is 0.224 e. The lowest BCUT2D eigenvalue weighted by molar-refractivity contribution is -0.116. The predicted octanol–water partition coefficient (Wildman–Crippen LogP) is 1.19. The third kappa shape index (κ3) is 2.13. The van der Waals surface area contributed by atoms with Gasteiger partial charge in [0.05, 0.1) is 0 Å². The summed E-state index contributed by atoms with van der Waals surface area (Å²) in [4.78, 5) is 11.3. The van der Waals surface area contributed by atoms with E-state index in [1.807, 2.05) is 6.07 Å². The molecule has 1 aromatic carbocycles. The second-order valence-corrected chi connectivity index (χ2v) is 5.14. The number of rotatable bonds is 1. The summed E-state index contributed by atoms with van der Waals surface area (Å²) in [5, 5.41) is 9.96. The van der Waals surface area contributed by atoms with E-state index in [2.05, 4.69) is 35.0 Å². The molecule has 0 spiro atoms. The van der Waals surface area contributed by atoms with Gasteiger partial charge in [0.25, 0.3) is 0 Å². The van der Waals surface area contributed by atoms with Crippen LogP contribution in [0.1, 0.15) is 30.5 Å². The second-order valence-electron chi connectivity index (χ2n) is 5.14. The minimum atomic E-state index is 0.126. The molecule has 3 N–H and O–H groups in total. The summed E-state index contributed by atoms with van der Waals surface area (Å²) in [5.41, 5.74) is 3.54. The largest absolute Gasteiger partial charge is 0.326 e. The maximum absolute atomic E-state index is 11.3. The molecule has 2 unspecified atom stereocenters. The van der Waals surface area contributed by atoms with Gasteiger partial charge in [-0.1, -0.05) is 12.1 Å². The number of fused-ring (bicyclic) bond motifs is 1. The molecule has 2 atom stereocenters. The Labute approximate surface area is 107 Å². The maximum atomic E-state index is 11.3. The lowest BCUT2D eigenvalue weighted by Gasteiger charge is -2.32. The highest BCUT2D eigenvalue weighted by Gasteiger charge is 2.23. The van der Waals surface area contributed by atoms with Crippen LogP contribution in [-0.2, 0) is 11.2 Å². The van der Waals surface area contributed by atoms with Crippen molar-refractivity contribution in [1.82, 2.24) is 10.6 Å². The first-order chi connectivity index (χ1) is 8.74. The zero-order chi connectivity index (χ0) is 12.5. The van der Waals surface area contributed by atoms with Crippen molar-refractivity contribution in [2.24, 2.45) is 0 Å². The number of hydrogen-bond donors (Lipinski definition) is 3. The predicted molar refractivity (Wildman–Crippen MR) is 71.6 cm³/mol. The number of aryl methyl sites for hydroxylation is 1. The molecule has 0 aromatic heterocycles. The highest BCUT2D eigenvalue weighted by atomic mass is 16.1. The van der Waals surface area contributed by atoms with Gasteiger partial charge in [0.15, 0.2) is 0 Å². The Hall–Kier alpha value is -1.39. The van der Waals surface area contributed by atoms with Gasteiger partial charge in [-0.3, -0.25) is 4.79 Å². The van der Waals surface area contributed by atoms with E-state index < -0.39 is 0 Å². The fourth-order valence-electron chi connectivity index (χ4n) is 2.83. The molecule has 3 rings (SSSR count). The lowest BCUT2D eigenvalue weighted by atomic mass is 9.93. The van der Waals surface area contributed by atoms with E-state index in [4.69, 9.17) is 0 Å². The number of carbonyl (C=O) groups excluding carboxylic acids is 1. The summed E-state index contributed by atoms with van der Waals surface area (Å²) in [7, 11) is 0. The lowest BCUT2D eigenvalue weighted by Crippen LogP contribution is -2.49.